The van der Waals surface area contributed by atoms with E-state index in [1.54, 1.807) is 48.5 Å². The smallest absolute Gasteiger partial charge is 0.319 e. The summed E-state index contributed by atoms with van der Waals surface area (Å²) < 4.78 is 5.57. The van der Waals surface area contributed by atoms with Crippen LogP contribution < -0.4 is 10.6 Å². The van der Waals surface area contributed by atoms with Gasteiger partial charge < -0.3 is 15.1 Å². The van der Waals surface area contributed by atoms with Crippen LogP contribution in [0.15, 0.2) is 52.9 Å². The molecule has 6 nitrogen and oxygen atoms in total. The van der Waals surface area contributed by atoms with Crippen LogP contribution in [-0.4, -0.2) is 22.8 Å². The van der Waals surface area contributed by atoms with E-state index in [0.29, 0.717) is 40.5 Å². The summed E-state index contributed by atoms with van der Waals surface area (Å²) >= 11 is 11.7. The lowest BCUT2D eigenvalue weighted by molar-refractivity contribution is 0.252. The van der Waals surface area contributed by atoms with Crippen molar-refractivity contribution in [3.05, 3.63) is 64.5 Å². The van der Waals surface area contributed by atoms with Gasteiger partial charge in [-0.15, -0.1) is 10.2 Å². The van der Waals surface area contributed by atoms with Gasteiger partial charge in [0.05, 0.1) is 0 Å². The van der Waals surface area contributed by atoms with Gasteiger partial charge >= 0.3 is 6.03 Å². The molecule has 3 rings (SSSR count). The predicted molar refractivity (Wildman–Crippen MR) is 96.9 cm³/mol. The maximum atomic E-state index is 11.8. The molecule has 0 spiro atoms. The largest absolute Gasteiger partial charge is 0.421 e. The Morgan fingerprint density at radius 1 is 1.04 bits per heavy atom. The molecule has 128 valence electrons. The van der Waals surface area contributed by atoms with Crippen molar-refractivity contribution in [2.75, 3.05) is 11.9 Å². The first-order valence-corrected chi connectivity index (χ1v) is 8.24. The number of nitrogens with zero attached hydrogens (tertiary/aromatic N) is 2. The molecule has 3 aromatic rings. The van der Waals surface area contributed by atoms with Gasteiger partial charge in [0.2, 0.25) is 11.8 Å². The average molecular weight is 377 g/mol. The lowest BCUT2D eigenvalue weighted by atomic mass is 10.2. The molecular formula is C17H14Cl2N4O2. The Kier molecular flexibility index (Phi) is 5.53. The Morgan fingerprint density at radius 3 is 2.60 bits per heavy atom. The molecule has 25 heavy (non-hydrogen) atoms. The minimum atomic E-state index is -0.334. The van der Waals surface area contributed by atoms with Crippen LogP contribution in [0.1, 0.15) is 5.89 Å². The molecule has 0 bridgehead atoms. The van der Waals surface area contributed by atoms with Gasteiger partial charge in [-0.3, -0.25) is 0 Å². The van der Waals surface area contributed by atoms with Crippen LogP contribution in [0.4, 0.5) is 10.5 Å². The summed E-state index contributed by atoms with van der Waals surface area (Å²) in [5, 5.41) is 14.6. The lowest BCUT2D eigenvalue weighted by Crippen LogP contribution is -2.30. The second-order valence-corrected chi connectivity index (χ2v) is 6.02. The number of anilines is 1. The predicted octanol–water partition coefficient (Wildman–Crippen LogP) is 4.41. The molecule has 0 aliphatic heterocycles. The first-order valence-electron chi connectivity index (χ1n) is 7.49. The van der Waals surface area contributed by atoms with Crippen molar-refractivity contribution in [3.8, 4) is 11.5 Å². The molecule has 8 heteroatoms. The van der Waals surface area contributed by atoms with Crippen LogP contribution in [0, 0.1) is 0 Å². The molecule has 1 heterocycles. The fourth-order valence-electron chi connectivity index (χ4n) is 2.09. The van der Waals surface area contributed by atoms with E-state index in [9.17, 15) is 4.79 Å². The van der Waals surface area contributed by atoms with E-state index in [1.807, 2.05) is 0 Å². The van der Waals surface area contributed by atoms with Gasteiger partial charge in [0.25, 0.3) is 0 Å². The van der Waals surface area contributed by atoms with E-state index in [2.05, 4.69) is 20.8 Å². The number of benzene rings is 2. The zero-order valence-corrected chi connectivity index (χ0v) is 14.5. The van der Waals surface area contributed by atoms with E-state index in [-0.39, 0.29) is 6.03 Å². The summed E-state index contributed by atoms with van der Waals surface area (Å²) in [7, 11) is 0. The van der Waals surface area contributed by atoms with Gasteiger partial charge in [0, 0.05) is 34.3 Å². The van der Waals surface area contributed by atoms with Gasteiger partial charge in [-0.25, -0.2) is 4.79 Å². The van der Waals surface area contributed by atoms with Crippen LogP contribution in [0.3, 0.4) is 0 Å². The molecule has 1 aromatic heterocycles. The Morgan fingerprint density at radius 2 is 1.84 bits per heavy atom. The molecule has 0 saturated carbocycles. The Hall–Kier alpha value is -2.57. The van der Waals surface area contributed by atoms with E-state index < -0.39 is 0 Å². The number of aromatic nitrogens is 2. The zero-order chi connectivity index (χ0) is 17.6. The third-order valence-corrected chi connectivity index (χ3v) is 3.75. The second-order valence-electron chi connectivity index (χ2n) is 5.15. The van der Waals surface area contributed by atoms with Crippen LogP contribution >= 0.6 is 23.2 Å². The molecule has 0 aliphatic carbocycles. The number of rotatable bonds is 5. The summed E-state index contributed by atoms with van der Waals surface area (Å²) in [6.45, 7) is 0.356. The van der Waals surface area contributed by atoms with Crippen molar-refractivity contribution < 1.29 is 9.21 Å². The van der Waals surface area contributed by atoms with Crippen molar-refractivity contribution in [2.45, 2.75) is 6.42 Å². The summed E-state index contributed by atoms with van der Waals surface area (Å²) in [5.41, 5.74) is 1.41. The number of carbonyl (C=O) groups is 1. The maximum Gasteiger partial charge on any atom is 0.319 e. The van der Waals surface area contributed by atoms with Crippen LogP contribution in [0.25, 0.3) is 11.5 Å². The Balaban J connectivity index is 1.49. The average Bonchev–Trinajstić information content (AvgIpc) is 3.04. The third-order valence-electron chi connectivity index (χ3n) is 3.26. The fraction of sp³-hybridized carbons (Fsp3) is 0.118. The molecule has 0 atom stereocenters. The monoisotopic (exact) mass is 376 g/mol. The highest BCUT2D eigenvalue weighted by Gasteiger charge is 2.09. The number of nitrogens with one attached hydrogen (secondary N) is 2. The van der Waals surface area contributed by atoms with Crippen LogP contribution in [0.5, 0.6) is 0 Å². The molecule has 2 N–H and O–H groups in total. The van der Waals surface area contributed by atoms with Gasteiger partial charge in [-0.2, -0.15) is 0 Å². The van der Waals surface area contributed by atoms with Gasteiger partial charge in [-0.05, 0) is 42.5 Å². The van der Waals surface area contributed by atoms with Crippen molar-refractivity contribution in [1.82, 2.24) is 15.5 Å². The summed E-state index contributed by atoms with van der Waals surface area (Å²) in [5.74, 6) is 0.850. The summed E-state index contributed by atoms with van der Waals surface area (Å²) in [6.07, 6.45) is 0.420. The fourth-order valence-corrected chi connectivity index (χ4v) is 2.40. The number of halogens is 2. The standard InChI is InChI=1S/C17H14Cl2N4O2/c18-12-6-4-11(5-7-12)16-23-22-15(25-16)8-9-20-17(24)21-14-3-1-2-13(19)10-14/h1-7,10H,8-9H2,(H2,20,21,24). The first-order chi connectivity index (χ1) is 12.1. The van der Waals surface area contributed by atoms with Crippen LogP contribution in [-0.2, 0) is 6.42 Å². The maximum absolute atomic E-state index is 11.8. The van der Waals surface area contributed by atoms with Gasteiger partial charge in [-0.1, -0.05) is 29.3 Å². The zero-order valence-electron chi connectivity index (χ0n) is 13.0. The number of urea groups is 1. The number of hydrogen-bond acceptors (Lipinski definition) is 4. The highest BCUT2D eigenvalue weighted by molar-refractivity contribution is 6.31. The molecular weight excluding hydrogens is 363 g/mol. The SMILES string of the molecule is O=C(NCCc1nnc(-c2ccc(Cl)cc2)o1)Nc1cccc(Cl)c1. The summed E-state index contributed by atoms with van der Waals surface area (Å²) in [6, 6.07) is 13.7. The highest BCUT2D eigenvalue weighted by atomic mass is 35.5. The number of amides is 2. The Labute approximate surface area is 154 Å². The van der Waals surface area contributed by atoms with Gasteiger partial charge in [0.15, 0.2) is 0 Å². The van der Waals surface area contributed by atoms with Gasteiger partial charge in [0.1, 0.15) is 0 Å². The van der Waals surface area contributed by atoms with Crippen molar-refractivity contribution in [2.24, 2.45) is 0 Å². The van der Waals surface area contributed by atoms with E-state index in [4.69, 9.17) is 27.6 Å². The van der Waals surface area contributed by atoms with Crippen molar-refractivity contribution in [3.63, 3.8) is 0 Å². The van der Waals surface area contributed by atoms with E-state index >= 15 is 0 Å². The van der Waals surface area contributed by atoms with Crippen LogP contribution in [0.2, 0.25) is 10.0 Å². The minimum Gasteiger partial charge on any atom is -0.421 e. The molecule has 2 aromatic carbocycles. The Bertz CT molecular complexity index is 865. The molecule has 0 radical (unpaired) electrons. The molecule has 0 aliphatic rings. The number of hydrogen-bond donors (Lipinski definition) is 2. The lowest BCUT2D eigenvalue weighted by Gasteiger charge is -2.06. The molecule has 0 fully saturated rings. The normalized spacial score (nSPS) is 10.5. The third kappa shape index (κ3) is 4.95. The quantitative estimate of drug-likeness (QED) is 0.690. The highest BCUT2D eigenvalue weighted by Crippen LogP contribution is 2.20. The number of carbonyl (C=O) groups excluding carboxylic acids is 1. The second kappa shape index (κ2) is 8.00. The van der Waals surface area contributed by atoms with E-state index in [1.165, 1.54) is 0 Å². The molecule has 0 saturated heterocycles. The van der Waals surface area contributed by atoms with Crippen molar-refractivity contribution >= 4 is 34.9 Å². The summed E-state index contributed by atoms with van der Waals surface area (Å²) in [4.78, 5) is 11.8. The topological polar surface area (TPSA) is 80.1 Å². The minimum absolute atomic E-state index is 0.334. The first kappa shape index (κ1) is 17.3. The van der Waals surface area contributed by atoms with E-state index in [0.717, 1.165) is 5.56 Å². The van der Waals surface area contributed by atoms with Crippen molar-refractivity contribution in [1.29, 1.82) is 0 Å². The molecule has 2 amide bonds. The molecule has 0 unspecified atom stereocenters.